The number of nitrogens with zero attached hydrogens (tertiary/aromatic N) is 2. The number of amides is 3. The molecule has 1 saturated heterocycles. The van der Waals surface area contributed by atoms with Gasteiger partial charge in [0.05, 0.1) is 12.0 Å². The number of benzene rings is 2. The Morgan fingerprint density at radius 2 is 1.91 bits per heavy atom. The molecule has 10 heteroatoms. The lowest BCUT2D eigenvalue weighted by Gasteiger charge is -2.13. The number of hydrogen-bond donors (Lipinski definition) is 1. The highest BCUT2D eigenvalue weighted by molar-refractivity contribution is 8.18. The molecule has 2 aromatic carbocycles. The van der Waals surface area contributed by atoms with Gasteiger partial charge in [-0.15, -0.1) is 0 Å². The highest BCUT2D eigenvalue weighted by Crippen LogP contribution is 2.34. The first-order valence-electron chi connectivity index (χ1n) is 10.4. The lowest BCUT2D eigenvalue weighted by molar-refractivity contribution is -0.127. The van der Waals surface area contributed by atoms with Crippen molar-refractivity contribution in [2.75, 3.05) is 19.0 Å². The van der Waals surface area contributed by atoms with Crippen molar-refractivity contribution in [3.8, 4) is 11.5 Å². The summed E-state index contributed by atoms with van der Waals surface area (Å²) in [6.07, 6.45) is 4.95. The van der Waals surface area contributed by atoms with Crippen LogP contribution in [0, 0.1) is 0 Å². The van der Waals surface area contributed by atoms with Crippen molar-refractivity contribution in [1.29, 1.82) is 0 Å². The lowest BCUT2D eigenvalue weighted by Crippen LogP contribution is -2.36. The third-order valence-corrected chi connectivity index (χ3v) is 6.06. The monoisotopic (exact) mass is 509 g/mol. The van der Waals surface area contributed by atoms with Crippen LogP contribution in [0.1, 0.15) is 11.1 Å². The first-order valence-corrected chi connectivity index (χ1v) is 11.6. The summed E-state index contributed by atoms with van der Waals surface area (Å²) in [5, 5.41) is 2.57. The molecule has 1 fully saturated rings. The zero-order valence-electron chi connectivity index (χ0n) is 18.6. The maximum absolute atomic E-state index is 12.8. The van der Waals surface area contributed by atoms with E-state index in [-0.39, 0.29) is 4.91 Å². The first-order chi connectivity index (χ1) is 16.9. The van der Waals surface area contributed by atoms with Gasteiger partial charge in [0.15, 0.2) is 11.5 Å². The minimum Gasteiger partial charge on any atom is -0.493 e. The van der Waals surface area contributed by atoms with Gasteiger partial charge in [0.1, 0.15) is 13.2 Å². The normalized spacial score (nSPS) is 14.3. The maximum atomic E-state index is 12.8. The highest BCUT2D eigenvalue weighted by atomic mass is 35.5. The van der Waals surface area contributed by atoms with Gasteiger partial charge in [0, 0.05) is 23.1 Å². The van der Waals surface area contributed by atoms with Crippen molar-refractivity contribution in [2.45, 2.75) is 6.61 Å². The number of nitrogens with one attached hydrogen (secondary N) is 1. The van der Waals surface area contributed by atoms with Crippen LogP contribution >= 0.6 is 23.4 Å². The summed E-state index contributed by atoms with van der Waals surface area (Å²) in [4.78, 5) is 42.6. The fourth-order valence-corrected chi connectivity index (χ4v) is 4.26. The van der Waals surface area contributed by atoms with Crippen molar-refractivity contribution >= 4 is 52.2 Å². The van der Waals surface area contributed by atoms with E-state index >= 15 is 0 Å². The summed E-state index contributed by atoms with van der Waals surface area (Å²) in [7, 11) is 1.52. The Labute approximate surface area is 210 Å². The largest absolute Gasteiger partial charge is 0.493 e. The van der Waals surface area contributed by atoms with E-state index in [2.05, 4.69) is 10.3 Å². The van der Waals surface area contributed by atoms with E-state index in [0.717, 1.165) is 22.2 Å². The van der Waals surface area contributed by atoms with Gasteiger partial charge in [-0.2, -0.15) is 0 Å². The van der Waals surface area contributed by atoms with E-state index in [1.54, 1.807) is 60.9 Å². The van der Waals surface area contributed by atoms with Crippen LogP contribution in [0.3, 0.4) is 0 Å². The van der Waals surface area contributed by atoms with Crippen molar-refractivity contribution in [1.82, 2.24) is 9.88 Å². The minimum atomic E-state index is -0.543. The predicted octanol–water partition coefficient (Wildman–Crippen LogP) is 5.00. The number of ether oxygens (including phenoxy) is 2. The van der Waals surface area contributed by atoms with Gasteiger partial charge in [0.2, 0.25) is 5.91 Å². The number of imide groups is 1. The average molecular weight is 510 g/mol. The molecule has 0 unspecified atom stereocenters. The number of carbonyl (C=O) groups excluding carboxylic acids is 3. The van der Waals surface area contributed by atoms with Crippen molar-refractivity contribution in [3.63, 3.8) is 0 Å². The van der Waals surface area contributed by atoms with Crippen molar-refractivity contribution in [3.05, 3.63) is 88.0 Å². The number of carbonyl (C=O) groups is 3. The molecule has 1 aliphatic rings. The maximum Gasteiger partial charge on any atom is 0.294 e. The predicted molar refractivity (Wildman–Crippen MR) is 134 cm³/mol. The van der Waals surface area contributed by atoms with Crippen LogP contribution in [-0.4, -0.2) is 40.6 Å². The molecule has 178 valence electrons. The summed E-state index contributed by atoms with van der Waals surface area (Å²) >= 11 is 6.69. The number of anilines is 1. The molecule has 35 heavy (non-hydrogen) atoms. The number of hydrogen-bond acceptors (Lipinski definition) is 7. The summed E-state index contributed by atoms with van der Waals surface area (Å²) in [6, 6.07) is 15.5. The number of pyridine rings is 1. The molecular formula is C25H20ClN3O5S. The Hall–Kier alpha value is -3.82. The molecule has 1 aromatic heterocycles. The van der Waals surface area contributed by atoms with Crippen molar-refractivity contribution < 1.29 is 23.9 Å². The van der Waals surface area contributed by atoms with Crippen LogP contribution in [0.4, 0.5) is 10.5 Å². The molecule has 0 atom stereocenters. The number of thioether (sulfide) groups is 1. The van der Waals surface area contributed by atoms with Gasteiger partial charge in [-0.25, -0.2) is 0 Å². The van der Waals surface area contributed by atoms with Crippen LogP contribution in [-0.2, 0) is 16.2 Å². The zero-order valence-corrected chi connectivity index (χ0v) is 20.1. The first kappa shape index (κ1) is 24.3. The third-order valence-electron chi connectivity index (χ3n) is 4.91. The number of rotatable bonds is 8. The second-order valence-electron chi connectivity index (χ2n) is 7.38. The fraction of sp³-hybridized carbons (Fsp3) is 0.120. The number of halogens is 1. The highest BCUT2D eigenvalue weighted by Gasteiger charge is 2.36. The van der Waals surface area contributed by atoms with E-state index in [1.807, 2.05) is 12.1 Å². The lowest BCUT2D eigenvalue weighted by atomic mass is 10.2. The van der Waals surface area contributed by atoms with Crippen LogP contribution in [0.2, 0.25) is 5.02 Å². The molecule has 4 rings (SSSR count). The molecule has 0 spiro atoms. The molecule has 0 saturated carbocycles. The molecule has 3 amide bonds. The molecule has 3 aromatic rings. The number of aromatic nitrogens is 1. The summed E-state index contributed by atoms with van der Waals surface area (Å²) < 4.78 is 11.3. The quantitative estimate of drug-likeness (QED) is 0.427. The second-order valence-corrected chi connectivity index (χ2v) is 8.81. The summed E-state index contributed by atoms with van der Waals surface area (Å²) in [5.74, 6) is -0.0356. The molecule has 8 nitrogen and oxygen atoms in total. The Balaban J connectivity index is 1.43. The van der Waals surface area contributed by atoms with E-state index in [9.17, 15) is 14.4 Å². The van der Waals surface area contributed by atoms with Crippen LogP contribution in [0.5, 0.6) is 11.5 Å². The van der Waals surface area contributed by atoms with E-state index in [0.29, 0.717) is 34.4 Å². The van der Waals surface area contributed by atoms with Crippen LogP contribution in [0.15, 0.2) is 71.9 Å². The Kier molecular flexibility index (Phi) is 7.69. The second kappa shape index (κ2) is 11.1. The molecule has 0 bridgehead atoms. The molecule has 2 heterocycles. The minimum absolute atomic E-state index is 0.207. The van der Waals surface area contributed by atoms with Crippen LogP contribution in [0.25, 0.3) is 6.08 Å². The summed E-state index contributed by atoms with van der Waals surface area (Å²) in [5.41, 5.74) is 2.08. The molecule has 1 N–H and O–H groups in total. The van der Waals surface area contributed by atoms with Gasteiger partial charge in [-0.3, -0.25) is 24.3 Å². The van der Waals surface area contributed by atoms with Gasteiger partial charge in [-0.1, -0.05) is 23.7 Å². The smallest absolute Gasteiger partial charge is 0.294 e. The van der Waals surface area contributed by atoms with Crippen molar-refractivity contribution in [2.24, 2.45) is 0 Å². The molecule has 0 aliphatic carbocycles. The van der Waals surface area contributed by atoms with E-state index in [4.69, 9.17) is 21.1 Å². The van der Waals surface area contributed by atoms with Gasteiger partial charge < -0.3 is 14.8 Å². The fourth-order valence-electron chi connectivity index (χ4n) is 3.23. The Bertz CT molecular complexity index is 1300. The van der Waals surface area contributed by atoms with E-state index < -0.39 is 23.6 Å². The average Bonchev–Trinajstić information content (AvgIpc) is 3.11. The SMILES string of the molecule is COc1cc(/C=C2/SC(=O)N(CC(=O)Nc3cccc(Cl)c3)C2=O)ccc1OCc1ccncc1. The van der Waals surface area contributed by atoms with Gasteiger partial charge in [0.25, 0.3) is 11.1 Å². The van der Waals surface area contributed by atoms with Crippen LogP contribution < -0.4 is 14.8 Å². The van der Waals surface area contributed by atoms with Gasteiger partial charge in [-0.05, 0) is 71.4 Å². The van der Waals surface area contributed by atoms with Gasteiger partial charge >= 0.3 is 0 Å². The zero-order chi connectivity index (χ0) is 24.8. The topological polar surface area (TPSA) is 97.8 Å². The Morgan fingerprint density at radius 1 is 1.11 bits per heavy atom. The third kappa shape index (κ3) is 6.20. The molecular weight excluding hydrogens is 490 g/mol. The van der Waals surface area contributed by atoms with E-state index in [1.165, 1.54) is 7.11 Å². The standard InChI is InChI=1S/C25H20ClN3O5S/c1-33-21-11-17(5-6-20(21)34-15-16-7-9-27-10-8-16)12-22-24(31)29(25(32)35-22)14-23(30)28-19-4-2-3-18(26)13-19/h2-13H,14-15H2,1H3,(H,28,30)/b22-12+. The summed E-state index contributed by atoms with van der Waals surface area (Å²) in [6.45, 7) is -0.0615. The number of methoxy groups -OCH3 is 1. The molecule has 0 radical (unpaired) electrons. The Morgan fingerprint density at radius 3 is 2.66 bits per heavy atom. The molecule has 1 aliphatic heterocycles.